The van der Waals surface area contributed by atoms with Crippen molar-refractivity contribution >= 4 is 29.3 Å². The second kappa shape index (κ2) is 8.92. The molecular formula is C17H25ClN2O2S. The zero-order chi connectivity index (χ0) is 16.8. The molecular weight excluding hydrogens is 332 g/mol. The van der Waals surface area contributed by atoms with Gasteiger partial charge in [-0.1, -0.05) is 23.7 Å². The minimum absolute atomic E-state index is 0.195. The molecule has 23 heavy (non-hydrogen) atoms. The van der Waals surface area contributed by atoms with Crippen molar-refractivity contribution in [2.75, 3.05) is 31.9 Å². The van der Waals surface area contributed by atoms with Gasteiger partial charge < -0.3 is 10.0 Å². The van der Waals surface area contributed by atoms with E-state index in [9.17, 15) is 9.90 Å². The third-order valence-electron chi connectivity index (χ3n) is 4.00. The van der Waals surface area contributed by atoms with Crippen LogP contribution in [0.2, 0.25) is 5.02 Å². The van der Waals surface area contributed by atoms with Crippen LogP contribution in [-0.4, -0.2) is 64.9 Å². The molecule has 0 saturated carbocycles. The first-order valence-corrected chi connectivity index (χ1v) is 9.51. The standard InChI is InChI=1S/C17H25ClN2O2S/c1-13-9-20(7-6-19(13)10-14(2)21)17(22)12-23-11-15-4-3-5-16(18)8-15/h3-5,8,13-14,21H,6-7,9-12H2,1-2H3. The van der Waals surface area contributed by atoms with Crippen LogP contribution in [0.1, 0.15) is 19.4 Å². The summed E-state index contributed by atoms with van der Waals surface area (Å²) in [6.07, 6.45) is -0.326. The Labute approximate surface area is 147 Å². The van der Waals surface area contributed by atoms with Gasteiger partial charge >= 0.3 is 0 Å². The molecule has 0 spiro atoms. The Morgan fingerprint density at radius 1 is 1.48 bits per heavy atom. The van der Waals surface area contributed by atoms with Gasteiger partial charge in [0.05, 0.1) is 11.9 Å². The Bertz CT molecular complexity index is 527. The Kier molecular flexibility index (Phi) is 7.21. The summed E-state index contributed by atoms with van der Waals surface area (Å²) in [4.78, 5) is 16.5. The van der Waals surface area contributed by atoms with E-state index in [1.807, 2.05) is 29.2 Å². The van der Waals surface area contributed by atoms with E-state index in [1.54, 1.807) is 18.7 Å². The molecule has 1 aliphatic rings. The van der Waals surface area contributed by atoms with Crippen molar-refractivity contribution in [2.45, 2.75) is 31.7 Å². The van der Waals surface area contributed by atoms with Crippen molar-refractivity contribution in [1.29, 1.82) is 0 Å². The number of carbonyl (C=O) groups excluding carboxylic acids is 1. The molecule has 1 aromatic rings. The molecule has 1 saturated heterocycles. The summed E-state index contributed by atoms with van der Waals surface area (Å²) in [5, 5.41) is 10.2. The number of piperazine rings is 1. The Hall–Kier alpha value is -0.750. The minimum atomic E-state index is -0.326. The van der Waals surface area contributed by atoms with Crippen LogP contribution >= 0.6 is 23.4 Å². The van der Waals surface area contributed by atoms with E-state index in [-0.39, 0.29) is 12.0 Å². The molecule has 1 N–H and O–H groups in total. The van der Waals surface area contributed by atoms with E-state index in [4.69, 9.17) is 11.6 Å². The van der Waals surface area contributed by atoms with Gasteiger partial charge in [-0.15, -0.1) is 11.8 Å². The van der Waals surface area contributed by atoms with Gasteiger partial charge in [0.1, 0.15) is 0 Å². The van der Waals surface area contributed by atoms with Crippen LogP contribution in [-0.2, 0) is 10.5 Å². The van der Waals surface area contributed by atoms with Crippen molar-refractivity contribution in [1.82, 2.24) is 9.80 Å². The summed E-state index contributed by atoms with van der Waals surface area (Å²) in [5.41, 5.74) is 1.14. The molecule has 0 bridgehead atoms. The highest BCUT2D eigenvalue weighted by molar-refractivity contribution is 7.99. The van der Waals surface area contributed by atoms with Gasteiger partial charge in [-0.25, -0.2) is 0 Å². The zero-order valence-corrected chi connectivity index (χ0v) is 15.3. The van der Waals surface area contributed by atoms with Gasteiger partial charge in [0.15, 0.2) is 0 Å². The summed E-state index contributed by atoms with van der Waals surface area (Å²) < 4.78 is 0. The quantitative estimate of drug-likeness (QED) is 0.850. The third-order valence-corrected chi connectivity index (χ3v) is 5.22. The van der Waals surface area contributed by atoms with Crippen LogP contribution in [0, 0.1) is 0 Å². The molecule has 0 aliphatic carbocycles. The lowest BCUT2D eigenvalue weighted by Gasteiger charge is -2.40. The highest BCUT2D eigenvalue weighted by Gasteiger charge is 2.26. The second-order valence-corrected chi connectivity index (χ2v) is 7.58. The Balaban J connectivity index is 1.74. The lowest BCUT2D eigenvalue weighted by atomic mass is 10.1. The maximum Gasteiger partial charge on any atom is 0.232 e. The fraction of sp³-hybridized carbons (Fsp3) is 0.588. The summed E-state index contributed by atoms with van der Waals surface area (Å²) in [5.74, 6) is 1.49. The van der Waals surface area contributed by atoms with Gasteiger partial charge in [-0.2, -0.15) is 0 Å². The SMILES string of the molecule is CC(O)CN1CCN(C(=O)CSCc2cccc(Cl)c2)CC1C. The average molecular weight is 357 g/mol. The first kappa shape index (κ1) is 18.6. The number of carbonyl (C=O) groups is 1. The number of aliphatic hydroxyl groups excluding tert-OH is 1. The topological polar surface area (TPSA) is 43.8 Å². The van der Waals surface area contributed by atoms with E-state index >= 15 is 0 Å². The summed E-state index contributed by atoms with van der Waals surface area (Å²) in [7, 11) is 0. The summed E-state index contributed by atoms with van der Waals surface area (Å²) in [6, 6.07) is 8.05. The molecule has 4 nitrogen and oxygen atoms in total. The van der Waals surface area contributed by atoms with Crippen LogP contribution in [0.25, 0.3) is 0 Å². The maximum absolute atomic E-state index is 12.3. The molecule has 6 heteroatoms. The van der Waals surface area contributed by atoms with Crippen LogP contribution in [0.5, 0.6) is 0 Å². The van der Waals surface area contributed by atoms with Crippen molar-refractivity contribution in [3.63, 3.8) is 0 Å². The number of aliphatic hydroxyl groups is 1. The van der Waals surface area contributed by atoms with Crippen molar-refractivity contribution < 1.29 is 9.90 Å². The molecule has 1 aliphatic heterocycles. The first-order chi connectivity index (χ1) is 11.0. The molecule has 1 fully saturated rings. The lowest BCUT2D eigenvalue weighted by Crippen LogP contribution is -2.55. The highest BCUT2D eigenvalue weighted by atomic mass is 35.5. The van der Waals surface area contributed by atoms with E-state index < -0.39 is 0 Å². The molecule has 1 amide bonds. The fourth-order valence-corrected chi connectivity index (χ4v) is 3.89. The number of β-amino-alcohol motifs (C(OH)–C–C–N with tert-alkyl or cyclic N) is 1. The largest absolute Gasteiger partial charge is 0.392 e. The van der Waals surface area contributed by atoms with Gasteiger partial charge in [0.2, 0.25) is 5.91 Å². The van der Waals surface area contributed by atoms with Gasteiger partial charge in [0.25, 0.3) is 0 Å². The van der Waals surface area contributed by atoms with Crippen molar-refractivity contribution in [2.24, 2.45) is 0 Å². The van der Waals surface area contributed by atoms with Crippen molar-refractivity contribution in [3.8, 4) is 0 Å². The maximum atomic E-state index is 12.3. The fourth-order valence-electron chi connectivity index (χ4n) is 2.81. The number of amides is 1. The molecule has 2 unspecified atom stereocenters. The molecule has 2 rings (SSSR count). The first-order valence-electron chi connectivity index (χ1n) is 7.98. The Morgan fingerprint density at radius 2 is 2.26 bits per heavy atom. The van der Waals surface area contributed by atoms with E-state index in [2.05, 4.69) is 11.8 Å². The molecule has 128 valence electrons. The van der Waals surface area contributed by atoms with E-state index in [0.717, 1.165) is 36.0 Å². The van der Waals surface area contributed by atoms with E-state index in [1.165, 1.54) is 0 Å². The number of hydrogen-bond acceptors (Lipinski definition) is 4. The number of nitrogens with zero attached hydrogens (tertiary/aromatic N) is 2. The van der Waals surface area contributed by atoms with Crippen molar-refractivity contribution in [3.05, 3.63) is 34.9 Å². The number of benzene rings is 1. The molecule has 1 heterocycles. The predicted octanol–water partition coefficient (Wildman–Crippen LogP) is 2.49. The van der Waals surface area contributed by atoms with E-state index in [0.29, 0.717) is 18.3 Å². The smallest absolute Gasteiger partial charge is 0.232 e. The number of rotatable bonds is 6. The Morgan fingerprint density at radius 3 is 2.91 bits per heavy atom. The number of thioether (sulfide) groups is 1. The number of hydrogen-bond donors (Lipinski definition) is 1. The third kappa shape index (κ3) is 5.99. The molecule has 0 aromatic heterocycles. The summed E-state index contributed by atoms with van der Waals surface area (Å²) >= 11 is 7.59. The van der Waals surface area contributed by atoms with Crippen LogP contribution in [0.15, 0.2) is 24.3 Å². The highest BCUT2D eigenvalue weighted by Crippen LogP contribution is 2.18. The van der Waals surface area contributed by atoms with Crippen LogP contribution in [0.4, 0.5) is 0 Å². The van der Waals surface area contributed by atoms with Gasteiger partial charge in [0, 0.05) is 43.0 Å². The molecule has 0 radical (unpaired) electrons. The minimum Gasteiger partial charge on any atom is -0.392 e. The number of halogens is 1. The normalized spacial score (nSPS) is 20.5. The second-order valence-electron chi connectivity index (χ2n) is 6.16. The monoisotopic (exact) mass is 356 g/mol. The predicted molar refractivity (Wildman–Crippen MR) is 96.9 cm³/mol. The van der Waals surface area contributed by atoms with Crippen LogP contribution < -0.4 is 0 Å². The molecule has 1 aromatic carbocycles. The summed E-state index contributed by atoms with van der Waals surface area (Å²) in [6.45, 7) is 6.90. The van der Waals surface area contributed by atoms with Crippen LogP contribution in [0.3, 0.4) is 0 Å². The lowest BCUT2D eigenvalue weighted by molar-refractivity contribution is -0.131. The average Bonchev–Trinajstić information content (AvgIpc) is 2.49. The van der Waals surface area contributed by atoms with Gasteiger partial charge in [-0.05, 0) is 31.5 Å². The van der Waals surface area contributed by atoms with Gasteiger partial charge in [-0.3, -0.25) is 9.69 Å². The molecule has 2 atom stereocenters. The zero-order valence-electron chi connectivity index (χ0n) is 13.7.